The zero-order valence-corrected chi connectivity index (χ0v) is 9.72. The predicted octanol–water partition coefficient (Wildman–Crippen LogP) is 1.56. The number of anilines is 1. The maximum Gasteiger partial charge on any atom is 0.226 e. The summed E-state index contributed by atoms with van der Waals surface area (Å²) in [5.41, 5.74) is 6.23. The first kappa shape index (κ1) is 12.6. The van der Waals surface area contributed by atoms with E-state index >= 15 is 0 Å². The zero-order valence-electron chi connectivity index (χ0n) is 9.72. The van der Waals surface area contributed by atoms with Crippen LogP contribution in [0.5, 0.6) is 0 Å². The molecule has 1 rings (SSSR count). The molecule has 0 saturated carbocycles. The fourth-order valence-corrected chi connectivity index (χ4v) is 1.46. The van der Waals surface area contributed by atoms with E-state index in [4.69, 9.17) is 5.73 Å². The van der Waals surface area contributed by atoms with Crippen LogP contribution in [0, 0.1) is 0 Å². The van der Waals surface area contributed by atoms with Crippen molar-refractivity contribution in [2.75, 3.05) is 18.5 Å². The van der Waals surface area contributed by atoms with Gasteiger partial charge in [-0.25, -0.2) is 0 Å². The minimum absolute atomic E-state index is 0.130. The van der Waals surface area contributed by atoms with Gasteiger partial charge in [-0.1, -0.05) is 6.42 Å². The summed E-state index contributed by atoms with van der Waals surface area (Å²) < 4.78 is 0. The lowest BCUT2D eigenvalue weighted by Gasteiger charge is -2.16. The van der Waals surface area contributed by atoms with Gasteiger partial charge in [-0.05, 0) is 31.5 Å². The van der Waals surface area contributed by atoms with Gasteiger partial charge < -0.3 is 10.6 Å². The number of nitrogens with two attached hydrogens (primary N) is 1. The van der Waals surface area contributed by atoms with Gasteiger partial charge >= 0.3 is 0 Å². The van der Waals surface area contributed by atoms with Crippen LogP contribution in [0.2, 0.25) is 0 Å². The highest BCUT2D eigenvalue weighted by Gasteiger charge is 2.09. The Balaban J connectivity index is 2.37. The molecule has 1 aromatic heterocycles. The van der Waals surface area contributed by atoms with Crippen molar-refractivity contribution in [3.05, 3.63) is 24.5 Å². The maximum absolute atomic E-state index is 11.8. The number of nitrogens with zero attached hydrogens (tertiary/aromatic N) is 2. The molecule has 0 fully saturated rings. The monoisotopic (exact) mass is 221 g/mol. The summed E-state index contributed by atoms with van der Waals surface area (Å²) in [6.45, 7) is 0.701. The highest BCUT2D eigenvalue weighted by molar-refractivity contribution is 5.92. The van der Waals surface area contributed by atoms with Gasteiger partial charge in [-0.15, -0.1) is 0 Å². The number of amides is 1. The topological polar surface area (TPSA) is 59.2 Å². The number of rotatable bonds is 6. The Kier molecular flexibility index (Phi) is 5.50. The molecule has 4 heteroatoms. The lowest BCUT2D eigenvalue weighted by Crippen LogP contribution is -2.25. The van der Waals surface area contributed by atoms with Gasteiger partial charge in [0, 0.05) is 19.7 Å². The van der Waals surface area contributed by atoms with Crippen molar-refractivity contribution in [3.8, 4) is 0 Å². The quantitative estimate of drug-likeness (QED) is 0.742. The lowest BCUT2D eigenvalue weighted by atomic mass is 10.2. The number of carbonyl (C=O) groups excluding carboxylic acids is 1. The molecule has 0 bridgehead atoms. The predicted molar refractivity (Wildman–Crippen MR) is 65.2 cm³/mol. The van der Waals surface area contributed by atoms with E-state index in [0.717, 1.165) is 24.9 Å². The number of aromatic nitrogens is 1. The molecule has 16 heavy (non-hydrogen) atoms. The van der Waals surface area contributed by atoms with Crippen LogP contribution in [-0.2, 0) is 4.79 Å². The van der Waals surface area contributed by atoms with E-state index in [9.17, 15) is 4.79 Å². The maximum atomic E-state index is 11.8. The second-order valence-electron chi connectivity index (χ2n) is 3.76. The van der Waals surface area contributed by atoms with Crippen molar-refractivity contribution in [1.29, 1.82) is 0 Å². The molecule has 0 aliphatic rings. The second-order valence-corrected chi connectivity index (χ2v) is 3.76. The fourth-order valence-electron chi connectivity index (χ4n) is 1.46. The van der Waals surface area contributed by atoms with Crippen LogP contribution < -0.4 is 10.6 Å². The Morgan fingerprint density at radius 2 is 2.25 bits per heavy atom. The molecular formula is C12H19N3O. The van der Waals surface area contributed by atoms with E-state index in [1.165, 1.54) is 0 Å². The average Bonchev–Trinajstić information content (AvgIpc) is 2.34. The van der Waals surface area contributed by atoms with Crippen LogP contribution in [0.1, 0.15) is 25.7 Å². The molecule has 88 valence electrons. The zero-order chi connectivity index (χ0) is 11.8. The van der Waals surface area contributed by atoms with Crippen LogP contribution in [0.15, 0.2) is 24.5 Å². The molecule has 1 amide bonds. The summed E-state index contributed by atoms with van der Waals surface area (Å²) in [6, 6.07) is 3.71. The minimum atomic E-state index is 0.130. The van der Waals surface area contributed by atoms with Crippen molar-refractivity contribution in [3.63, 3.8) is 0 Å². The Morgan fingerprint density at radius 1 is 1.44 bits per heavy atom. The van der Waals surface area contributed by atoms with Crippen LogP contribution in [0.4, 0.5) is 5.69 Å². The highest BCUT2D eigenvalue weighted by Crippen LogP contribution is 2.11. The number of hydrogen-bond donors (Lipinski definition) is 1. The Labute approximate surface area is 96.5 Å². The van der Waals surface area contributed by atoms with Gasteiger partial charge in [-0.3, -0.25) is 9.78 Å². The van der Waals surface area contributed by atoms with Gasteiger partial charge in [0.2, 0.25) is 5.91 Å². The Bertz CT molecular complexity index is 313. The number of hydrogen-bond acceptors (Lipinski definition) is 3. The number of pyridine rings is 1. The minimum Gasteiger partial charge on any atom is -0.330 e. The standard InChI is InChI=1S/C12H19N3O/c1-15(11-6-5-9-14-10-11)12(16)7-3-2-4-8-13/h5-6,9-10H,2-4,7-8,13H2,1H3. The largest absolute Gasteiger partial charge is 0.330 e. The van der Waals surface area contributed by atoms with E-state index in [1.54, 1.807) is 24.3 Å². The number of unbranched alkanes of at least 4 members (excludes halogenated alkanes) is 2. The SMILES string of the molecule is CN(C(=O)CCCCCN)c1cccnc1. The first-order chi connectivity index (χ1) is 7.75. The molecule has 0 aromatic carbocycles. The summed E-state index contributed by atoms with van der Waals surface area (Å²) in [4.78, 5) is 17.4. The molecule has 1 aromatic rings. The van der Waals surface area contributed by atoms with Gasteiger partial charge in [0.25, 0.3) is 0 Å². The van der Waals surface area contributed by atoms with Gasteiger partial charge in [0.1, 0.15) is 0 Å². The molecule has 0 atom stereocenters. The highest BCUT2D eigenvalue weighted by atomic mass is 16.2. The van der Waals surface area contributed by atoms with E-state index in [0.29, 0.717) is 13.0 Å². The third-order valence-corrected chi connectivity index (χ3v) is 2.50. The molecule has 0 unspecified atom stereocenters. The van der Waals surface area contributed by atoms with Crippen molar-refractivity contribution >= 4 is 11.6 Å². The van der Waals surface area contributed by atoms with Crippen LogP contribution in [0.3, 0.4) is 0 Å². The molecule has 2 N–H and O–H groups in total. The molecule has 0 saturated heterocycles. The van der Waals surface area contributed by atoms with Crippen LogP contribution >= 0.6 is 0 Å². The van der Waals surface area contributed by atoms with E-state index in [1.807, 2.05) is 12.1 Å². The third kappa shape index (κ3) is 3.98. The van der Waals surface area contributed by atoms with E-state index in [2.05, 4.69) is 4.98 Å². The van der Waals surface area contributed by atoms with Crippen molar-refractivity contribution < 1.29 is 4.79 Å². The Morgan fingerprint density at radius 3 is 2.88 bits per heavy atom. The summed E-state index contributed by atoms with van der Waals surface area (Å²) in [5.74, 6) is 0.130. The van der Waals surface area contributed by atoms with Gasteiger partial charge in [-0.2, -0.15) is 0 Å². The van der Waals surface area contributed by atoms with Gasteiger partial charge in [0.15, 0.2) is 0 Å². The summed E-state index contributed by atoms with van der Waals surface area (Å²) in [7, 11) is 1.78. The lowest BCUT2D eigenvalue weighted by molar-refractivity contribution is -0.118. The van der Waals surface area contributed by atoms with Crippen LogP contribution in [0.25, 0.3) is 0 Å². The molecule has 0 aliphatic carbocycles. The molecule has 1 heterocycles. The summed E-state index contributed by atoms with van der Waals surface area (Å²) in [6.07, 6.45) is 6.87. The second kappa shape index (κ2) is 6.95. The van der Waals surface area contributed by atoms with Crippen molar-refractivity contribution in [1.82, 2.24) is 4.98 Å². The first-order valence-electron chi connectivity index (χ1n) is 5.62. The summed E-state index contributed by atoms with van der Waals surface area (Å²) >= 11 is 0. The molecular weight excluding hydrogens is 202 g/mol. The van der Waals surface area contributed by atoms with E-state index < -0.39 is 0 Å². The Hall–Kier alpha value is -1.42. The first-order valence-corrected chi connectivity index (χ1v) is 5.62. The molecule has 0 spiro atoms. The van der Waals surface area contributed by atoms with Crippen molar-refractivity contribution in [2.45, 2.75) is 25.7 Å². The molecule has 0 radical (unpaired) electrons. The van der Waals surface area contributed by atoms with Crippen LogP contribution in [-0.4, -0.2) is 24.5 Å². The normalized spacial score (nSPS) is 10.1. The van der Waals surface area contributed by atoms with Gasteiger partial charge in [0.05, 0.1) is 11.9 Å². The van der Waals surface area contributed by atoms with E-state index in [-0.39, 0.29) is 5.91 Å². The van der Waals surface area contributed by atoms with Crippen molar-refractivity contribution in [2.24, 2.45) is 5.73 Å². The third-order valence-electron chi connectivity index (χ3n) is 2.50. The molecule has 0 aliphatic heterocycles. The molecule has 4 nitrogen and oxygen atoms in total. The number of carbonyl (C=O) groups is 1. The fraction of sp³-hybridized carbons (Fsp3) is 0.500. The average molecular weight is 221 g/mol. The summed E-state index contributed by atoms with van der Waals surface area (Å²) in [5, 5.41) is 0. The smallest absolute Gasteiger partial charge is 0.226 e.